The monoisotopic (exact) mass is 267 g/mol. The van der Waals surface area contributed by atoms with Crippen molar-refractivity contribution in [2.45, 2.75) is 51.5 Å². The minimum atomic E-state index is -0.710. The van der Waals surface area contributed by atoms with Crippen molar-refractivity contribution in [3.63, 3.8) is 0 Å². The van der Waals surface area contributed by atoms with Crippen molar-refractivity contribution in [2.75, 3.05) is 7.05 Å². The number of hydrogen-bond acceptors (Lipinski definition) is 1. The van der Waals surface area contributed by atoms with Gasteiger partial charge in [0.1, 0.15) is 0 Å². The topological polar surface area (TPSA) is 12.0 Å². The summed E-state index contributed by atoms with van der Waals surface area (Å²) in [7, 11) is 1.82. The highest BCUT2D eigenvalue weighted by Crippen LogP contribution is 2.32. The van der Waals surface area contributed by atoms with Gasteiger partial charge in [0.2, 0.25) is 0 Å². The quantitative estimate of drug-likeness (QED) is 0.828. The second-order valence-corrected chi connectivity index (χ2v) is 5.67. The first-order chi connectivity index (χ1) is 9.13. The third-order valence-electron chi connectivity index (χ3n) is 4.37. The van der Waals surface area contributed by atoms with Gasteiger partial charge >= 0.3 is 0 Å². The van der Waals surface area contributed by atoms with E-state index in [1.54, 1.807) is 19.1 Å². The SMILES string of the molecule is CNC(CCC1CCCC1)c1ccc(C)c(F)c1F. The zero-order valence-electron chi connectivity index (χ0n) is 11.8. The van der Waals surface area contributed by atoms with Crippen molar-refractivity contribution >= 4 is 0 Å². The van der Waals surface area contributed by atoms with Gasteiger partial charge in [-0.2, -0.15) is 0 Å². The van der Waals surface area contributed by atoms with Crippen LogP contribution in [0.15, 0.2) is 12.1 Å². The van der Waals surface area contributed by atoms with Crippen LogP contribution in [0.3, 0.4) is 0 Å². The molecule has 19 heavy (non-hydrogen) atoms. The van der Waals surface area contributed by atoms with Gasteiger partial charge in [0, 0.05) is 11.6 Å². The first-order valence-corrected chi connectivity index (χ1v) is 7.25. The smallest absolute Gasteiger partial charge is 0.163 e. The van der Waals surface area contributed by atoms with E-state index in [0.717, 1.165) is 18.8 Å². The summed E-state index contributed by atoms with van der Waals surface area (Å²) in [5, 5.41) is 3.12. The van der Waals surface area contributed by atoms with Gasteiger partial charge in [-0.25, -0.2) is 8.78 Å². The molecule has 0 bridgehead atoms. The van der Waals surface area contributed by atoms with E-state index in [1.165, 1.54) is 25.7 Å². The van der Waals surface area contributed by atoms with Crippen LogP contribution in [0, 0.1) is 24.5 Å². The van der Waals surface area contributed by atoms with E-state index in [4.69, 9.17) is 0 Å². The normalized spacial score (nSPS) is 17.9. The molecule has 106 valence electrons. The minimum Gasteiger partial charge on any atom is -0.313 e. The predicted octanol–water partition coefficient (Wildman–Crippen LogP) is 4.50. The fraction of sp³-hybridized carbons (Fsp3) is 0.625. The molecule has 0 amide bonds. The van der Waals surface area contributed by atoms with Crippen LogP contribution < -0.4 is 5.32 Å². The summed E-state index contributed by atoms with van der Waals surface area (Å²) < 4.78 is 27.6. The number of benzene rings is 1. The van der Waals surface area contributed by atoms with Crippen LogP contribution in [-0.2, 0) is 0 Å². The van der Waals surface area contributed by atoms with Crippen molar-refractivity contribution < 1.29 is 8.78 Å². The van der Waals surface area contributed by atoms with Crippen molar-refractivity contribution in [1.82, 2.24) is 5.32 Å². The standard InChI is InChI=1S/C16H23F2N/c1-11-7-9-13(16(18)15(11)17)14(19-2)10-8-12-5-3-4-6-12/h7,9,12,14,19H,3-6,8,10H2,1-2H3. The maximum absolute atomic E-state index is 14.0. The lowest BCUT2D eigenvalue weighted by Crippen LogP contribution is -2.19. The van der Waals surface area contributed by atoms with Gasteiger partial charge < -0.3 is 5.32 Å². The van der Waals surface area contributed by atoms with E-state index in [-0.39, 0.29) is 6.04 Å². The van der Waals surface area contributed by atoms with Crippen LogP contribution in [0.25, 0.3) is 0 Å². The zero-order valence-corrected chi connectivity index (χ0v) is 11.8. The molecule has 0 aliphatic heterocycles. The molecule has 0 spiro atoms. The summed E-state index contributed by atoms with van der Waals surface area (Å²) in [5.74, 6) is -0.626. The Hall–Kier alpha value is -0.960. The molecule has 1 unspecified atom stereocenters. The van der Waals surface area contributed by atoms with Gasteiger partial charge in [-0.15, -0.1) is 0 Å². The van der Waals surface area contributed by atoms with Gasteiger partial charge in [0.05, 0.1) is 0 Å². The molecular weight excluding hydrogens is 244 g/mol. The van der Waals surface area contributed by atoms with Crippen molar-refractivity contribution in [3.8, 4) is 0 Å². The highest BCUT2D eigenvalue weighted by molar-refractivity contribution is 5.27. The van der Waals surface area contributed by atoms with Crippen LogP contribution in [0.4, 0.5) is 8.78 Å². The van der Waals surface area contributed by atoms with E-state index in [0.29, 0.717) is 11.1 Å². The van der Waals surface area contributed by atoms with Crippen LogP contribution in [0.5, 0.6) is 0 Å². The van der Waals surface area contributed by atoms with E-state index >= 15 is 0 Å². The Labute approximate surface area is 114 Å². The molecular formula is C16H23F2N. The largest absolute Gasteiger partial charge is 0.313 e. The van der Waals surface area contributed by atoms with Crippen LogP contribution >= 0.6 is 0 Å². The lowest BCUT2D eigenvalue weighted by molar-refractivity contribution is 0.409. The summed E-state index contributed by atoms with van der Waals surface area (Å²) in [4.78, 5) is 0. The van der Waals surface area contributed by atoms with Gasteiger partial charge in [-0.05, 0) is 38.3 Å². The fourth-order valence-electron chi connectivity index (χ4n) is 3.09. The zero-order chi connectivity index (χ0) is 13.8. The molecule has 1 nitrogen and oxygen atoms in total. The van der Waals surface area contributed by atoms with Gasteiger partial charge in [0.25, 0.3) is 0 Å². The number of nitrogens with one attached hydrogen (secondary N) is 1. The molecule has 1 fully saturated rings. The van der Waals surface area contributed by atoms with Crippen LogP contribution in [0.1, 0.15) is 55.7 Å². The predicted molar refractivity (Wildman–Crippen MR) is 74.1 cm³/mol. The molecule has 1 aliphatic rings. The Morgan fingerprint density at radius 2 is 1.89 bits per heavy atom. The Bertz CT molecular complexity index is 425. The summed E-state index contributed by atoms with van der Waals surface area (Å²) in [5.41, 5.74) is 0.829. The summed E-state index contributed by atoms with van der Waals surface area (Å²) in [6, 6.07) is 3.28. The molecule has 1 aromatic carbocycles. The molecule has 0 aromatic heterocycles. The van der Waals surface area contributed by atoms with Gasteiger partial charge in [-0.1, -0.05) is 37.8 Å². The molecule has 0 heterocycles. The molecule has 1 N–H and O–H groups in total. The van der Waals surface area contributed by atoms with Crippen LogP contribution in [-0.4, -0.2) is 7.05 Å². The van der Waals surface area contributed by atoms with Crippen molar-refractivity contribution in [3.05, 3.63) is 34.9 Å². The lowest BCUT2D eigenvalue weighted by atomic mass is 9.94. The third kappa shape index (κ3) is 3.33. The fourth-order valence-corrected chi connectivity index (χ4v) is 3.09. The first kappa shape index (κ1) is 14.4. The highest BCUT2D eigenvalue weighted by atomic mass is 19.2. The molecule has 2 rings (SSSR count). The van der Waals surface area contributed by atoms with E-state index in [9.17, 15) is 8.78 Å². The van der Waals surface area contributed by atoms with Gasteiger partial charge in [-0.3, -0.25) is 0 Å². The molecule has 3 heteroatoms. The molecule has 0 saturated heterocycles. The minimum absolute atomic E-state index is 0.0873. The maximum atomic E-state index is 14.0. The Morgan fingerprint density at radius 3 is 2.53 bits per heavy atom. The third-order valence-corrected chi connectivity index (χ3v) is 4.37. The first-order valence-electron chi connectivity index (χ1n) is 7.25. The molecule has 0 radical (unpaired) electrons. The van der Waals surface area contributed by atoms with Crippen molar-refractivity contribution in [1.29, 1.82) is 0 Å². The lowest BCUT2D eigenvalue weighted by Gasteiger charge is -2.20. The average molecular weight is 267 g/mol. The van der Waals surface area contributed by atoms with E-state index in [2.05, 4.69) is 5.32 Å². The summed E-state index contributed by atoms with van der Waals surface area (Å²) in [6.07, 6.45) is 7.20. The number of hydrogen-bond donors (Lipinski definition) is 1. The Kier molecular flexibility index (Phi) is 4.92. The molecule has 1 aromatic rings. The van der Waals surface area contributed by atoms with Crippen molar-refractivity contribution in [2.24, 2.45) is 5.92 Å². The van der Waals surface area contributed by atoms with Crippen LogP contribution in [0.2, 0.25) is 0 Å². The second-order valence-electron chi connectivity index (χ2n) is 5.67. The summed E-state index contributed by atoms with van der Waals surface area (Å²) >= 11 is 0. The molecule has 1 atom stereocenters. The Morgan fingerprint density at radius 1 is 1.21 bits per heavy atom. The number of halogens is 2. The second kappa shape index (κ2) is 6.47. The van der Waals surface area contributed by atoms with E-state index < -0.39 is 11.6 Å². The highest BCUT2D eigenvalue weighted by Gasteiger charge is 2.21. The number of rotatable bonds is 5. The number of aryl methyl sites for hydroxylation is 1. The maximum Gasteiger partial charge on any atom is 0.163 e. The molecule has 1 saturated carbocycles. The molecule has 1 aliphatic carbocycles. The average Bonchev–Trinajstić information content (AvgIpc) is 2.92. The Balaban J connectivity index is 2.06. The summed E-state index contributed by atoms with van der Waals surface area (Å²) in [6.45, 7) is 1.59. The van der Waals surface area contributed by atoms with E-state index in [1.807, 2.05) is 7.05 Å². The van der Waals surface area contributed by atoms with Gasteiger partial charge in [0.15, 0.2) is 11.6 Å².